The van der Waals surface area contributed by atoms with Crippen LogP contribution in [0.5, 0.6) is 0 Å². The quantitative estimate of drug-likeness (QED) is 0.298. The van der Waals surface area contributed by atoms with E-state index in [1.165, 1.54) is 22.7 Å². The highest BCUT2D eigenvalue weighted by molar-refractivity contribution is 7.21. The minimum absolute atomic E-state index is 0.300. The molecule has 170 valence electrons. The SMILES string of the molecule is Cc1cc(C)c2c(N)c(C(=O)Nc3scc(-c4ccc(Cl)cc4)c3C(=O)OC(C)C)sc2n1. The van der Waals surface area contributed by atoms with Crippen LogP contribution < -0.4 is 11.1 Å². The largest absolute Gasteiger partial charge is 0.459 e. The molecule has 1 aromatic carbocycles. The van der Waals surface area contributed by atoms with Gasteiger partial charge in [-0.3, -0.25) is 4.79 Å². The number of thiophene rings is 2. The number of pyridine rings is 1. The van der Waals surface area contributed by atoms with Crippen LogP contribution in [-0.2, 0) is 4.74 Å². The zero-order chi connectivity index (χ0) is 23.9. The van der Waals surface area contributed by atoms with Gasteiger partial charge in [0.25, 0.3) is 5.91 Å². The summed E-state index contributed by atoms with van der Waals surface area (Å²) in [6.45, 7) is 7.40. The Hall–Kier alpha value is -2.94. The minimum atomic E-state index is -0.510. The number of esters is 1. The van der Waals surface area contributed by atoms with E-state index in [1.54, 1.807) is 26.0 Å². The number of hydrogen-bond donors (Lipinski definition) is 2. The van der Waals surface area contributed by atoms with E-state index in [0.717, 1.165) is 22.2 Å². The van der Waals surface area contributed by atoms with Gasteiger partial charge in [-0.25, -0.2) is 9.78 Å². The lowest BCUT2D eigenvalue weighted by atomic mass is 10.0. The molecule has 0 aliphatic heterocycles. The number of halogens is 1. The van der Waals surface area contributed by atoms with E-state index >= 15 is 0 Å². The molecule has 4 rings (SSSR count). The summed E-state index contributed by atoms with van der Waals surface area (Å²) in [7, 11) is 0. The summed E-state index contributed by atoms with van der Waals surface area (Å²) >= 11 is 8.51. The Morgan fingerprint density at radius 3 is 2.55 bits per heavy atom. The number of nitrogens with two attached hydrogens (primary N) is 1. The number of ether oxygens (including phenoxy) is 1. The van der Waals surface area contributed by atoms with E-state index in [0.29, 0.717) is 36.5 Å². The van der Waals surface area contributed by atoms with E-state index in [2.05, 4.69) is 10.3 Å². The van der Waals surface area contributed by atoms with Crippen LogP contribution in [0, 0.1) is 13.8 Å². The third kappa shape index (κ3) is 4.59. The number of nitrogens with one attached hydrogen (secondary N) is 1. The molecule has 0 saturated heterocycles. The third-order valence-corrected chi connectivity index (χ3v) is 7.20. The number of amides is 1. The summed E-state index contributed by atoms with van der Waals surface area (Å²) in [4.78, 5) is 31.8. The molecular weight excluding hydrogens is 478 g/mol. The first-order chi connectivity index (χ1) is 15.7. The summed E-state index contributed by atoms with van der Waals surface area (Å²) in [5.74, 6) is -0.903. The molecule has 33 heavy (non-hydrogen) atoms. The lowest BCUT2D eigenvalue weighted by Crippen LogP contribution is -2.16. The van der Waals surface area contributed by atoms with Crippen molar-refractivity contribution in [3.63, 3.8) is 0 Å². The Kier molecular flexibility index (Phi) is 6.43. The Labute approximate surface area is 204 Å². The van der Waals surface area contributed by atoms with Crippen molar-refractivity contribution in [1.82, 2.24) is 4.98 Å². The number of hydrogen-bond acceptors (Lipinski definition) is 7. The highest BCUT2D eigenvalue weighted by Gasteiger charge is 2.26. The van der Waals surface area contributed by atoms with Gasteiger partial charge in [-0.2, -0.15) is 0 Å². The number of carbonyl (C=O) groups excluding carboxylic acids is 2. The standard InChI is InChI=1S/C24H22ClN3O3S2/c1-11(2)31-24(30)18-16(14-5-7-15(25)8-6-14)10-32-22(18)28-21(29)20-19(26)17-12(3)9-13(4)27-23(17)33-20/h5-11H,26H2,1-4H3,(H,28,29). The molecular formula is C24H22ClN3O3S2. The minimum Gasteiger partial charge on any atom is -0.459 e. The molecule has 3 aromatic heterocycles. The van der Waals surface area contributed by atoms with Gasteiger partial charge in [0.1, 0.15) is 20.3 Å². The van der Waals surface area contributed by atoms with E-state index < -0.39 is 11.9 Å². The van der Waals surface area contributed by atoms with Gasteiger partial charge >= 0.3 is 5.97 Å². The molecule has 0 aliphatic rings. The molecule has 6 nitrogen and oxygen atoms in total. The molecule has 4 aromatic rings. The fourth-order valence-electron chi connectivity index (χ4n) is 3.57. The zero-order valence-electron chi connectivity index (χ0n) is 18.5. The Morgan fingerprint density at radius 2 is 1.88 bits per heavy atom. The highest BCUT2D eigenvalue weighted by atomic mass is 35.5. The van der Waals surface area contributed by atoms with Crippen molar-refractivity contribution in [3.05, 3.63) is 62.4 Å². The summed E-state index contributed by atoms with van der Waals surface area (Å²) in [6.07, 6.45) is -0.311. The van der Waals surface area contributed by atoms with Gasteiger partial charge in [0.05, 0.1) is 11.8 Å². The predicted molar refractivity (Wildman–Crippen MR) is 137 cm³/mol. The molecule has 0 radical (unpaired) electrons. The van der Waals surface area contributed by atoms with Crippen LogP contribution >= 0.6 is 34.3 Å². The molecule has 0 spiro atoms. The maximum atomic E-state index is 13.2. The van der Waals surface area contributed by atoms with Crippen molar-refractivity contribution < 1.29 is 14.3 Å². The van der Waals surface area contributed by atoms with Crippen molar-refractivity contribution in [2.45, 2.75) is 33.8 Å². The van der Waals surface area contributed by atoms with Crippen molar-refractivity contribution in [3.8, 4) is 11.1 Å². The Balaban J connectivity index is 1.75. The van der Waals surface area contributed by atoms with E-state index in [1.807, 2.05) is 37.4 Å². The number of anilines is 2. The number of fused-ring (bicyclic) bond motifs is 1. The lowest BCUT2D eigenvalue weighted by molar-refractivity contribution is 0.0380. The van der Waals surface area contributed by atoms with Crippen LogP contribution in [0.1, 0.15) is 45.1 Å². The summed E-state index contributed by atoms with van der Waals surface area (Å²) in [6, 6.07) is 9.08. The molecule has 0 bridgehead atoms. The summed E-state index contributed by atoms with van der Waals surface area (Å²) in [5.41, 5.74) is 10.3. The normalized spacial score (nSPS) is 11.2. The lowest BCUT2D eigenvalue weighted by Gasteiger charge is -2.11. The zero-order valence-corrected chi connectivity index (χ0v) is 20.9. The van der Waals surface area contributed by atoms with Crippen LogP contribution in [-0.4, -0.2) is 23.0 Å². The average molecular weight is 500 g/mol. The average Bonchev–Trinajstić information content (AvgIpc) is 3.29. The van der Waals surface area contributed by atoms with Gasteiger partial charge in [-0.05, 0) is 57.0 Å². The van der Waals surface area contributed by atoms with Crippen LogP contribution in [0.15, 0.2) is 35.7 Å². The van der Waals surface area contributed by atoms with Crippen molar-refractivity contribution in [1.29, 1.82) is 0 Å². The second-order valence-electron chi connectivity index (χ2n) is 7.87. The van der Waals surface area contributed by atoms with E-state index in [4.69, 9.17) is 22.1 Å². The first-order valence-corrected chi connectivity index (χ1v) is 12.3. The molecule has 9 heteroatoms. The smallest absolute Gasteiger partial charge is 0.342 e. The van der Waals surface area contributed by atoms with Crippen LogP contribution in [0.2, 0.25) is 5.02 Å². The molecule has 0 atom stereocenters. The summed E-state index contributed by atoms with van der Waals surface area (Å²) < 4.78 is 5.47. The molecule has 0 fully saturated rings. The van der Waals surface area contributed by atoms with Crippen LogP contribution in [0.4, 0.5) is 10.7 Å². The molecule has 0 saturated carbocycles. The van der Waals surface area contributed by atoms with Crippen molar-refractivity contribution in [2.24, 2.45) is 0 Å². The number of rotatable bonds is 5. The molecule has 3 N–H and O–H groups in total. The molecule has 0 unspecified atom stereocenters. The third-order valence-electron chi connectivity index (χ3n) is 4.95. The second kappa shape index (κ2) is 9.13. The number of carbonyl (C=O) groups is 2. The summed E-state index contributed by atoms with van der Waals surface area (Å²) in [5, 5.41) is 6.46. The van der Waals surface area contributed by atoms with Crippen LogP contribution in [0.3, 0.4) is 0 Å². The fraction of sp³-hybridized carbons (Fsp3) is 0.208. The maximum Gasteiger partial charge on any atom is 0.342 e. The fourth-order valence-corrected chi connectivity index (χ4v) is 5.76. The number of aryl methyl sites for hydroxylation is 2. The van der Waals surface area contributed by atoms with Crippen molar-refractivity contribution in [2.75, 3.05) is 11.1 Å². The second-order valence-corrected chi connectivity index (χ2v) is 10.2. The van der Waals surface area contributed by atoms with Crippen LogP contribution in [0.25, 0.3) is 21.3 Å². The Morgan fingerprint density at radius 1 is 1.18 bits per heavy atom. The number of aromatic nitrogens is 1. The van der Waals surface area contributed by atoms with Gasteiger partial charge in [0.15, 0.2) is 0 Å². The van der Waals surface area contributed by atoms with E-state index in [-0.39, 0.29) is 6.10 Å². The number of benzene rings is 1. The van der Waals surface area contributed by atoms with Gasteiger partial charge in [-0.15, -0.1) is 22.7 Å². The number of nitrogens with zero attached hydrogens (tertiary/aromatic N) is 1. The molecule has 0 aliphatic carbocycles. The van der Waals surface area contributed by atoms with Gasteiger partial charge < -0.3 is 15.8 Å². The number of nitrogen functional groups attached to an aromatic ring is 1. The highest BCUT2D eigenvalue weighted by Crippen LogP contribution is 2.39. The monoisotopic (exact) mass is 499 g/mol. The van der Waals surface area contributed by atoms with Gasteiger partial charge in [-0.1, -0.05) is 23.7 Å². The Bertz CT molecular complexity index is 1370. The first kappa shape index (κ1) is 23.2. The topological polar surface area (TPSA) is 94.3 Å². The van der Waals surface area contributed by atoms with Gasteiger partial charge in [0, 0.05) is 27.0 Å². The molecule has 3 heterocycles. The van der Waals surface area contributed by atoms with E-state index in [9.17, 15) is 9.59 Å². The maximum absolute atomic E-state index is 13.2. The van der Waals surface area contributed by atoms with Gasteiger partial charge in [0.2, 0.25) is 0 Å². The first-order valence-electron chi connectivity index (χ1n) is 10.2. The van der Waals surface area contributed by atoms with Crippen molar-refractivity contribution >= 4 is 67.1 Å². The molecule has 1 amide bonds. The predicted octanol–water partition coefficient (Wildman–Crippen LogP) is 6.69.